The zero-order valence-electron chi connectivity index (χ0n) is 11.5. The normalized spacial score (nSPS) is 23.1. The van der Waals surface area contributed by atoms with Crippen molar-refractivity contribution in [3.8, 4) is 0 Å². The van der Waals surface area contributed by atoms with E-state index in [1.807, 2.05) is 25.1 Å². The van der Waals surface area contributed by atoms with Gasteiger partial charge in [-0.15, -0.1) is 0 Å². The number of amides is 1. The fourth-order valence-corrected chi connectivity index (χ4v) is 2.85. The quantitative estimate of drug-likeness (QED) is 0.893. The van der Waals surface area contributed by atoms with E-state index in [1.54, 1.807) is 0 Å². The van der Waals surface area contributed by atoms with E-state index in [0.29, 0.717) is 5.92 Å². The Kier molecular flexibility index (Phi) is 4.99. The van der Waals surface area contributed by atoms with E-state index in [-0.39, 0.29) is 11.9 Å². The summed E-state index contributed by atoms with van der Waals surface area (Å²) in [5, 5.41) is 6.30. The number of carbonyl (C=O) groups is 1. The fraction of sp³-hybridized carbons (Fsp3) is 0.533. The van der Waals surface area contributed by atoms with Crippen molar-refractivity contribution in [3.63, 3.8) is 0 Å². The molecule has 0 radical (unpaired) electrons. The highest BCUT2D eigenvalue weighted by Crippen LogP contribution is 2.23. The Morgan fingerprint density at radius 3 is 3.00 bits per heavy atom. The molecule has 1 aromatic carbocycles. The molecule has 0 saturated carbocycles. The standard InChI is InChI=1S/C15H21BrN2O/c1-3-11-6-7-17-14(8-11)15(19)18-12-5-4-10(2)13(16)9-12/h4-5,9,11,14,17H,3,6-8H2,1-2H3,(H,18,19). The molecule has 2 rings (SSSR count). The number of rotatable bonds is 3. The van der Waals surface area contributed by atoms with E-state index in [9.17, 15) is 4.79 Å². The Morgan fingerprint density at radius 1 is 1.53 bits per heavy atom. The van der Waals surface area contributed by atoms with E-state index in [4.69, 9.17) is 0 Å². The third kappa shape index (κ3) is 3.80. The van der Waals surface area contributed by atoms with Gasteiger partial charge in [-0.1, -0.05) is 35.3 Å². The highest BCUT2D eigenvalue weighted by molar-refractivity contribution is 9.10. The molecular formula is C15H21BrN2O. The van der Waals surface area contributed by atoms with Gasteiger partial charge in [-0.3, -0.25) is 4.79 Å². The first kappa shape index (κ1) is 14.5. The summed E-state index contributed by atoms with van der Waals surface area (Å²) in [5.41, 5.74) is 2.02. The lowest BCUT2D eigenvalue weighted by atomic mass is 9.90. The Hall–Kier alpha value is -0.870. The van der Waals surface area contributed by atoms with Gasteiger partial charge in [0, 0.05) is 10.2 Å². The molecule has 2 N–H and O–H groups in total. The zero-order valence-corrected chi connectivity index (χ0v) is 13.1. The number of benzene rings is 1. The second-order valence-electron chi connectivity index (χ2n) is 5.26. The monoisotopic (exact) mass is 324 g/mol. The third-order valence-electron chi connectivity index (χ3n) is 3.85. The third-order valence-corrected chi connectivity index (χ3v) is 4.70. The van der Waals surface area contributed by atoms with Crippen molar-refractivity contribution in [1.29, 1.82) is 0 Å². The van der Waals surface area contributed by atoms with Crippen LogP contribution in [0.15, 0.2) is 22.7 Å². The fourth-order valence-electron chi connectivity index (χ4n) is 2.47. The molecule has 1 fully saturated rings. The summed E-state index contributed by atoms with van der Waals surface area (Å²) >= 11 is 3.49. The van der Waals surface area contributed by atoms with E-state index in [2.05, 4.69) is 33.5 Å². The average Bonchev–Trinajstić information content (AvgIpc) is 2.43. The largest absolute Gasteiger partial charge is 0.325 e. The lowest BCUT2D eigenvalue weighted by molar-refractivity contribution is -0.119. The van der Waals surface area contributed by atoms with Gasteiger partial charge in [0.1, 0.15) is 0 Å². The van der Waals surface area contributed by atoms with Crippen molar-refractivity contribution in [2.45, 2.75) is 39.2 Å². The molecule has 3 nitrogen and oxygen atoms in total. The van der Waals surface area contributed by atoms with Crippen LogP contribution >= 0.6 is 15.9 Å². The summed E-state index contributed by atoms with van der Waals surface area (Å²) in [6.07, 6.45) is 3.27. The van der Waals surface area contributed by atoms with Crippen molar-refractivity contribution in [1.82, 2.24) is 5.32 Å². The summed E-state index contributed by atoms with van der Waals surface area (Å²) in [4.78, 5) is 12.2. The smallest absolute Gasteiger partial charge is 0.241 e. The summed E-state index contributed by atoms with van der Waals surface area (Å²) in [6, 6.07) is 5.84. The molecule has 19 heavy (non-hydrogen) atoms. The van der Waals surface area contributed by atoms with Gasteiger partial charge in [-0.2, -0.15) is 0 Å². The summed E-state index contributed by atoms with van der Waals surface area (Å²) in [6.45, 7) is 5.17. The van der Waals surface area contributed by atoms with Crippen molar-refractivity contribution in [2.24, 2.45) is 5.92 Å². The first-order valence-corrected chi connectivity index (χ1v) is 7.70. The second-order valence-corrected chi connectivity index (χ2v) is 6.11. The molecule has 2 atom stereocenters. The van der Waals surface area contributed by atoms with E-state index in [1.165, 1.54) is 12.0 Å². The molecule has 1 aliphatic heterocycles. The highest BCUT2D eigenvalue weighted by atomic mass is 79.9. The highest BCUT2D eigenvalue weighted by Gasteiger charge is 2.25. The van der Waals surface area contributed by atoms with Crippen LogP contribution in [0, 0.1) is 12.8 Å². The Bertz CT molecular complexity index is 461. The van der Waals surface area contributed by atoms with E-state index < -0.39 is 0 Å². The molecule has 1 aliphatic rings. The topological polar surface area (TPSA) is 41.1 Å². The van der Waals surface area contributed by atoms with Crippen LogP contribution in [0.3, 0.4) is 0 Å². The molecule has 0 spiro atoms. The van der Waals surface area contributed by atoms with Crippen LogP contribution in [0.5, 0.6) is 0 Å². The van der Waals surface area contributed by atoms with E-state index in [0.717, 1.165) is 29.5 Å². The molecule has 1 amide bonds. The van der Waals surface area contributed by atoms with Crippen LogP contribution in [0.2, 0.25) is 0 Å². The maximum absolute atomic E-state index is 12.2. The minimum atomic E-state index is -0.0567. The summed E-state index contributed by atoms with van der Waals surface area (Å²) in [5.74, 6) is 0.746. The maximum Gasteiger partial charge on any atom is 0.241 e. The Balaban J connectivity index is 1.98. The van der Waals surface area contributed by atoms with Crippen LogP contribution in [0.4, 0.5) is 5.69 Å². The number of carbonyl (C=O) groups excluding carboxylic acids is 1. The summed E-state index contributed by atoms with van der Waals surface area (Å²) < 4.78 is 1.02. The van der Waals surface area contributed by atoms with Crippen LogP contribution in [-0.4, -0.2) is 18.5 Å². The number of aryl methyl sites for hydroxylation is 1. The minimum Gasteiger partial charge on any atom is -0.325 e. The van der Waals surface area contributed by atoms with Gasteiger partial charge in [0.05, 0.1) is 6.04 Å². The first-order valence-electron chi connectivity index (χ1n) is 6.90. The molecular weight excluding hydrogens is 304 g/mol. The lowest BCUT2D eigenvalue weighted by Gasteiger charge is -2.28. The van der Waals surface area contributed by atoms with Gasteiger partial charge in [-0.05, 0) is 49.9 Å². The molecule has 0 aliphatic carbocycles. The van der Waals surface area contributed by atoms with Crippen molar-refractivity contribution >= 4 is 27.5 Å². The average molecular weight is 325 g/mol. The van der Waals surface area contributed by atoms with Crippen LogP contribution in [-0.2, 0) is 4.79 Å². The lowest BCUT2D eigenvalue weighted by Crippen LogP contribution is -2.46. The number of piperidine rings is 1. The van der Waals surface area contributed by atoms with Gasteiger partial charge >= 0.3 is 0 Å². The van der Waals surface area contributed by atoms with Gasteiger partial charge in [0.25, 0.3) is 0 Å². The molecule has 0 aromatic heterocycles. The van der Waals surface area contributed by atoms with Crippen LogP contribution in [0.25, 0.3) is 0 Å². The molecule has 1 heterocycles. The van der Waals surface area contributed by atoms with Crippen molar-refractivity contribution < 1.29 is 4.79 Å². The second kappa shape index (κ2) is 6.53. The number of hydrogen-bond donors (Lipinski definition) is 2. The molecule has 1 saturated heterocycles. The first-order chi connectivity index (χ1) is 9.10. The Morgan fingerprint density at radius 2 is 2.32 bits per heavy atom. The van der Waals surface area contributed by atoms with Gasteiger partial charge in [-0.25, -0.2) is 0 Å². The van der Waals surface area contributed by atoms with Gasteiger partial charge in [0.15, 0.2) is 0 Å². The van der Waals surface area contributed by atoms with Crippen molar-refractivity contribution in [3.05, 3.63) is 28.2 Å². The van der Waals surface area contributed by atoms with Gasteiger partial charge < -0.3 is 10.6 Å². The minimum absolute atomic E-state index is 0.0567. The van der Waals surface area contributed by atoms with Gasteiger partial charge in [0.2, 0.25) is 5.91 Å². The Labute approximate surface area is 123 Å². The molecule has 4 heteroatoms. The van der Waals surface area contributed by atoms with Crippen molar-refractivity contribution in [2.75, 3.05) is 11.9 Å². The molecule has 104 valence electrons. The number of hydrogen-bond acceptors (Lipinski definition) is 2. The molecule has 1 aromatic rings. The summed E-state index contributed by atoms with van der Waals surface area (Å²) in [7, 11) is 0. The van der Waals surface area contributed by atoms with Crippen LogP contribution in [0.1, 0.15) is 31.7 Å². The van der Waals surface area contributed by atoms with Crippen LogP contribution < -0.4 is 10.6 Å². The predicted octanol–water partition coefficient (Wildman–Crippen LogP) is 3.47. The maximum atomic E-state index is 12.2. The SMILES string of the molecule is CCC1CCNC(C(=O)Nc2ccc(C)c(Br)c2)C1. The number of anilines is 1. The zero-order chi connectivity index (χ0) is 13.8. The number of nitrogens with one attached hydrogen (secondary N) is 2. The van der Waals surface area contributed by atoms with E-state index >= 15 is 0 Å². The number of halogens is 1. The molecule has 2 unspecified atom stereocenters. The predicted molar refractivity (Wildman–Crippen MR) is 82.3 cm³/mol. The molecule has 0 bridgehead atoms.